The van der Waals surface area contributed by atoms with Crippen LogP contribution in [-0.4, -0.2) is 16.8 Å². The number of rotatable bonds is 4. The summed E-state index contributed by atoms with van der Waals surface area (Å²) in [7, 11) is 0. The number of nitrogens with zero attached hydrogens (tertiary/aromatic N) is 1. The molecule has 0 unspecified atom stereocenters. The molecule has 0 saturated heterocycles. The zero-order valence-corrected chi connectivity index (χ0v) is 5.45. The lowest BCUT2D eigenvalue weighted by molar-refractivity contribution is 0.375. The van der Waals surface area contributed by atoms with Crippen molar-refractivity contribution in [1.29, 1.82) is 5.26 Å². The predicted octanol–water partition coefficient (Wildman–Crippen LogP) is 0.973. The van der Waals surface area contributed by atoms with E-state index in [1.165, 1.54) is 11.8 Å². The van der Waals surface area contributed by atoms with Gasteiger partial charge in [-0.05, 0) is 12.2 Å². The summed E-state index contributed by atoms with van der Waals surface area (Å²) in [5.74, 6) is 1.06. The van der Waals surface area contributed by atoms with Crippen molar-refractivity contribution >= 4 is 11.8 Å². The molecule has 46 valence electrons. The first-order chi connectivity index (χ1) is 3.91. The largest absolute Gasteiger partial charge is 0.386 e. The van der Waals surface area contributed by atoms with Gasteiger partial charge in [0, 0.05) is 6.42 Å². The fraction of sp³-hybridized carbons (Fsp3) is 0.800. The van der Waals surface area contributed by atoms with Gasteiger partial charge in [-0.1, -0.05) is 0 Å². The molecule has 0 bridgehead atoms. The van der Waals surface area contributed by atoms with Crippen molar-refractivity contribution in [1.82, 2.24) is 0 Å². The molecule has 0 aromatic heterocycles. The number of aliphatic hydroxyl groups excluding tert-OH is 1. The van der Waals surface area contributed by atoms with Gasteiger partial charge in [-0.25, -0.2) is 0 Å². The summed E-state index contributed by atoms with van der Waals surface area (Å²) in [6.45, 7) is 0. The molecule has 8 heavy (non-hydrogen) atoms. The molecule has 0 aliphatic carbocycles. The van der Waals surface area contributed by atoms with E-state index in [1.54, 1.807) is 0 Å². The third kappa shape index (κ3) is 5.80. The van der Waals surface area contributed by atoms with Crippen molar-refractivity contribution in [3.8, 4) is 6.07 Å². The number of hydrogen-bond donors (Lipinski definition) is 1. The van der Waals surface area contributed by atoms with Crippen LogP contribution in [0.5, 0.6) is 0 Å². The normalized spacial score (nSPS) is 8.50. The van der Waals surface area contributed by atoms with Gasteiger partial charge in [-0.3, -0.25) is 0 Å². The highest BCUT2D eigenvalue weighted by Gasteiger charge is 1.83. The van der Waals surface area contributed by atoms with Crippen molar-refractivity contribution in [3.63, 3.8) is 0 Å². The smallest absolute Gasteiger partial charge is 0.0885 e. The second kappa shape index (κ2) is 6.80. The van der Waals surface area contributed by atoms with Crippen LogP contribution in [0.1, 0.15) is 12.8 Å². The molecule has 0 radical (unpaired) electrons. The highest BCUT2D eigenvalue weighted by atomic mass is 32.2. The first-order valence-corrected chi connectivity index (χ1v) is 3.63. The topological polar surface area (TPSA) is 44.0 Å². The molecule has 0 atom stereocenters. The molecule has 0 aromatic carbocycles. The van der Waals surface area contributed by atoms with Crippen LogP contribution in [-0.2, 0) is 0 Å². The standard InChI is InChI=1S/C5H9NOS/c6-3-1-2-4-8-5-7/h7H,1-2,4-5H2. The molecular weight excluding hydrogens is 122 g/mol. The Balaban J connectivity index is 2.65. The Morgan fingerprint density at radius 1 is 1.62 bits per heavy atom. The van der Waals surface area contributed by atoms with Crippen molar-refractivity contribution in [2.24, 2.45) is 0 Å². The second-order valence-electron chi connectivity index (χ2n) is 1.30. The molecule has 2 nitrogen and oxygen atoms in total. The number of unbranched alkanes of at least 4 members (excludes halogenated alkanes) is 1. The highest BCUT2D eigenvalue weighted by Crippen LogP contribution is 2.00. The molecule has 3 heteroatoms. The van der Waals surface area contributed by atoms with Crippen molar-refractivity contribution in [3.05, 3.63) is 0 Å². The quantitative estimate of drug-likeness (QED) is 0.456. The molecular formula is C5H9NOS. The van der Waals surface area contributed by atoms with Crippen LogP contribution in [0.4, 0.5) is 0 Å². The summed E-state index contributed by atoms with van der Waals surface area (Å²) < 4.78 is 0. The number of thioether (sulfide) groups is 1. The molecule has 0 rings (SSSR count). The number of hydrogen-bond acceptors (Lipinski definition) is 3. The summed E-state index contributed by atoms with van der Waals surface area (Å²) in [5, 5.41) is 16.3. The van der Waals surface area contributed by atoms with Gasteiger partial charge < -0.3 is 5.11 Å². The first-order valence-electron chi connectivity index (χ1n) is 2.47. The Labute approximate surface area is 53.5 Å². The van der Waals surface area contributed by atoms with Crippen LogP contribution >= 0.6 is 11.8 Å². The van der Waals surface area contributed by atoms with Gasteiger partial charge >= 0.3 is 0 Å². The van der Waals surface area contributed by atoms with Crippen LogP contribution < -0.4 is 0 Å². The molecule has 0 fully saturated rings. The van der Waals surface area contributed by atoms with E-state index in [-0.39, 0.29) is 5.94 Å². The predicted molar refractivity (Wildman–Crippen MR) is 34.4 cm³/mol. The first kappa shape index (κ1) is 7.80. The summed E-state index contributed by atoms with van der Waals surface area (Å²) in [6, 6.07) is 2.03. The maximum absolute atomic E-state index is 8.25. The molecule has 0 amide bonds. The minimum absolute atomic E-state index is 0.172. The van der Waals surface area contributed by atoms with Crippen LogP contribution in [0, 0.1) is 11.3 Å². The SMILES string of the molecule is N#CCCCSCO. The molecule has 0 spiro atoms. The molecule has 0 aliphatic rings. The van der Waals surface area contributed by atoms with E-state index in [1.807, 2.05) is 6.07 Å². The number of aliphatic hydroxyl groups is 1. The van der Waals surface area contributed by atoms with Crippen LogP contribution in [0.25, 0.3) is 0 Å². The summed E-state index contributed by atoms with van der Waals surface area (Å²) >= 11 is 1.45. The van der Waals surface area contributed by atoms with Crippen molar-refractivity contribution in [2.45, 2.75) is 12.8 Å². The zero-order chi connectivity index (χ0) is 6.24. The molecule has 0 aliphatic heterocycles. The van der Waals surface area contributed by atoms with E-state index < -0.39 is 0 Å². The average molecular weight is 131 g/mol. The van der Waals surface area contributed by atoms with Gasteiger partial charge in [0.2, 0.25) is 0 Å². The van der Waals surface area contributed by atoms with E-state index in [0.717, 1.165) is 12.2 Å². The molecule has 0 heterocycles. The summed E-state index contributed by atoms with van der Waals surface area (Å²) in [6.07, 6.45) is 1.49. The third-order valence-corrected chi connectivity index (χ3v) is 1.43. The fourth-order valence-electron chi connectivity index (χ4n) is 0.318. The van der Waals surface area contributed by atoms with Gasteiger partial charge in [-0.15, -0.1) is 11.8 Å². The van der Waals surface area contributed by atoms with Gasteiger partial charge in [0.25, 0.3) is 0 Å². The monoisotopic (exact) mass is 131 g/mol. The maximum atomic E-state index is 8.25. The Morgan fingerprint density at radius 2 is 2.38 bits per heavy atom. The lowest BCUT2D eigenvalue weighted by atomic mass is 10.4. The Hall–Kier alpha value is -0.200. The molecule has 0 saturated carbocycles. The van der Waals surface area contributed by atoms with E-state index in [2.05, 4.69) is 0 Å². The van der Waals surface area contributed by atoms with Gasteiger partial charge in [0.05, 0.1) is 12.0 Å². The van der Waals surface area contributed by atoms with Crippen molar-refractivity contribution in [2.75, 3.05) is 11.7 Å². The summed E-state index contributed by atoms with van der Waals surface area (Å²) in [4.78, 5) is 0. The zero-order valence-electron chi connectivity index (χ0n) is 4.63. The van der Waals surface area contributed by atoms with Crippen molar-refractivity contribution < 1.29 is 5.11 Å². The lowest BCUT2D eigenvalue weighted by Gasteiger charge is -1.89. The van der Waals surface area contributed by atoms with E-state index in [4.69, 9.17) is 10.4 Å². The number of nitriles is 1. The molecule has 1 N–H and O–H groups in total. The molecule has 0 aromatic rings. The average Bonchev–Trinajstić information content (AvgIpc) is 1.81. The van der Waals surface area contributed by atoms with Crippen LogP contribution in [0.2, 0.25) is 0 Å². The minimum Gasteiger partial charge on any atom is -0.386 e. The second-order valence-corrected chi connectivity index (χ2v) is 2.37. The van der Waals surface area contributed by atoms with Gasteiger partial charge in [0.1, 0.15) is 0 Å². The van der Waals surface area contributed by atoms with Gasteiger partial charge in [-0.2, -0.15) is 5.26 Å². The Kier molecular flexibility index (Phi) is 6.63. The van der Waals surface area contributed by atoms with E-state index >= 15 is 0 Å². The highest BCUT2D eigenvalue weighted by molar-refractivity contribution is 7.99. The lowest BCUT2D eigenvalue weighted by Crippen LogP contribution is -1.79. The van der Waals surface area contributed by atoms with Crippen LogP contribution in [0.3, 0.4) is 0 Å². The van der Waals surface area contributed by atoms with Crippen LogP contribution in [0.15, 0.2) is 0 Å². The Bertz CT molecular complexity index is 79.0. The minimum atomic E-state index is 0.172. The van der Waals surface area contributed by atoms with E-state index in [0.29, 0.717) is 6.42 Å². The Morgan fingerprint density at radius 3 is 2.88 bits per heavy atom. The third-order valence-electron chi connectivity index (χ3n) is 0.669. The fourth-order valence-corrected chi connectivity index (χ4v) is 0.795. The maximum Gasteiger partial charge on any atom is 0.0885 e. The van der Waals surface area contributed by atoms with Gasteiger partial charge in [0.15, 0.2) is 0 Å². The van der Waals surface area contributed by atoms with E-state index in [9.17, 15) is 0 Å². The summed E-state index contributed by atoms with van der Waals surface area (Å²) in [5.41, 5.74) is 0.